The lowest BCUT2D eigenvalue weighted by atomic mass is 9.87. The third-order valence-electron chi connectivity index (χ3n) is 5.30. The smallest absolute Gasteiger partial charge is 0.318 e. The summed E-state index contributed by atoms with van der Waals surface area (Å²) in [5, 5.41) is 5.65. The first kappa shape index (κ1) is 18.7. The average molecular weight is 387 g/mol. The van der Waals surface area contributed by atoms with Gasteiger partial charge in [-0.1, -0.05) is 79.7 Å². The molecule has 4 rings (SSSR count). The Morgan fingerprint density at radius 1 is 0.966 bits per heavy atom. The molecular formula is C23H21N3O3. The topological polar surface area (TPSA) is 78.5 Å². The average Bonchev–Trinajstić information content (AvgIpc) is 2.99. The van der Waals surface area contributed by atoms with Crippen LogP contribution >= 0.6 is 0 Å². The molecule has 1 aliphatic rings. The van der Waals surface area contributed by atoms with Gasteiger partial charge in [0.2, 0.25) is 5.91 Å². The largest absolute Gasteiger partial charge is 0.344 e. The molecule has 1 atom stereocenters. The normalized spacial score (nSPS) is 18.7. The van der Waals surface area contributed by atoms with E-state index in [4.69, 9.17) is 0 Å². The molecule has 146 valence electrons. The van der Waals surface area contributed by atoms with Crippen LogP contribution in [0.2, 0.25) is 0 Å². The van der Waals surface area contributed by atoms with E-state index < -0.39 is 23.4 Å². The highest BCUT2D eigenvalue weighted by Crippen LogP contribution is 2.31. The Morgan fingerprint density at radius 2 is 1.66 bits per heavy atom. The van der Waals surface area contributed by atoms with E-state index in [2.05, 4.69) is 10.7 Å². The highest BCUT2D eigenvalue weighted by atomic mass is 16.2. The minimum absolute atomic E-state index is 0.0619. The summed E-state index contributed by atoms with van der Waals surface area (Å²) in [6.45, 7) is 1.82. The molecule has 1 fully saturated rings. The third-order valence-corrected chi connectivity index (χ3v) is 5.30. The lowest BCUT2D eigenvalue weighted by Gasteiger charge is -2.25. The zero-order valence-corrected chi connectivity index (χ0v) is 16.0. The molecule has 29 heavy (non-hydrogen) atoms. The summed E-state index contributed by atoms with van der Waals surface area (Å²) < 4.78 is 0. The molecule has 0 saturated carbocycles. The van der Waals surface area contributed by atoms with Crippen molar-refractivity contribution in [1.29, 1.82) is 0 Å². The van der Waals surface area contributed by atoms with Gasteiger partial charge in [-0.3, -0.25) is 15.0 Å². The maximum Gasteiger partial charge on any atom is 0.344 e. The summed E-state index contributed by atoms with van der Waals surface area (Å²) in [5.41, 5.74) is 2.79. The summed E-state index contributed by atoms with van der Waals surface area (Å²) in [5.74, 6) is -0.910. The van der Waals surface area contributed by atoms with Crippen molar-refractivity contribution >= 4 is 28.6 Å². The van der Waals surface area contributed by atoms with Crippen LogP contribution in [0.3, 0.4) is 0 Å². The van der Waals surface area contributed by atoms with E-state index in [9.17, 15) is 14.4 Å². The molecule has 2 N–H and O–H groups in total. The molecule has 3 aromatic carbocycles. The summed E-state index contributed by atoms with van der Waals surface area (Å²) >= 11 is 0. The number of carbonyl (C=O) groups excluding carboxylic acids is 3. The summed E-state index contributed by atoms with van der Waals surface area (Å²) in [6, 6.07) is 22.0. The third kappa shape index (κ3) is 3.33. The van der Waals surface area contributed by atoms with Crippen molar-refractivity contribution in [2.24, 2.45) is 0 Å². The SMILES string of the molecule is CC[C@@]1(c2ccccc2)NC(=O)N(NC(=O)Cc2ccc3ccccc3c2)C1=O. The molecule has 1 saturated heterocycles. The monoisotopic (exact) mass is 387 g/mol. The maximum atomic E-state index is 13.1. The fourth-order valence-electron chi connectivity index (χ4n) is 3.74. The van der Waals surface area contributed by atoms with Gasteiger partial charge in [-0.25, -0.2) is 4.79 Å². The molecular weight excluding hydrogens is 366 g/mol. The van der Waals surface area contributed by atoms with Crippen molar-refractivity contribution in [1.82, 2.24) is 15.8 Å². The Bertz CT molecular complexity index is 1100. The molecule has 0 aliphatic carbocycles. The van der Waals surface area contributed by atoms with Crippen LogP contribution in [0.15, 0.2) is 72.8 Å². The Kier molecular flexibility index (Phi) is 4.76. The van der Waals surface area contributed by atoms with Crippen LogP contribution in [0.25, 0.3) is 10.8 Å². The number of carbonyl (C=O) groups is 3. The number of rotatable bonds is 5. The van der Waals surface area contributed by atoms with Gasteiger partial charge in [0.25, 0.3) is 5.91 Å². The van der Waals surface area contributed by atoms with Gasteiger partial charge in [0.15, 0.2) is 0 Å². The second-order valence-electron chi connectivity index (χ2n) is 7.09. The van der Waals surface area contributed by atoms with Gasteiger partial charge in [0, 0.05) is 0 Å². The first-order valence-electron chi connectivity index (χ1n) is 9.53. The van der Waals surface area contributed by atoms with Crippen LogP contribution in [-0.2, 0) is 21.5 Å². The van der Waals surface area contributed by atoms with Crippen LogP contribution in [0.5, 0.6) is 0 Å². The van der Waals surface area contributed by atoms with Crippen LogP contribution in [-0.4, -0.2) is 22.9 Å². The highest BCUT2D eigenvalue weighted by Gasteiger charge is 2.52. The van der Waals surface area contributed by atoms with E-state index in [-0.39, 0.29) is 6.42 Å². The number of fused-ring (bicyclic) bond motifs is 1. The van der Waals surface area contributed by atoms with Gasteiger partial charge in [0.1, 0.15) is 5.54 Å². The van der Waals surface area contributed by atoms with Gasteiger partial charge >= 0.3 is 6.03 Å². The van der Waals surface area contributed by atoms with E-state index in [0.717, 1.165) is 21.3 Å². The van der Waals surface area contributed by atoms with Crippen molar-refractivity contribution < 1.29 is 14.4 Å². The molecule has 1 aliphatic heterocycles. The lowest BCUT2D eigenvalue weighted by Crippen LogP contribution is -2.49. The minimum atomic E-state index is -1.17. The van der Waals surface area contributed by atoms with Gasteiger partial charge in [-0.15, -0.1) is 0 Å². The molecule has 6 nitrogen and oxygen atoms in total. The Hall–Kier alpha value is -3.67. The number of hydrogen-bond acceptors (Lipinski definition) is 3. The Balaban J connectivity index is 1.51. The second-order valence-corrected chi connectivity index (χ2v) is 7.09. The quantitative estimate of drug-likeness (QED) is 0.660. The maximum absolute atomic E-state index is 13.1. The lowest BCUT2D eigenvalue weighted by molar-refractivity contribution is -0.139. The number of nitrogens with zero attached hydrogens (tertiary/aromatic N) is 1. The van der Waals surface area contributed by atoms with Gasteiger partial charge in [-0.05, 0) is 28.3 Å². The second kappa shape index (κ2) is 7.39. The van der Waals surface area contributed by atoms with Crippen molar-refractivity contribution in [2.45, 2.75) is 25.3 Å². The van der Waals surface area contributed by atoms with Crippen molar-refractivity contribution in [2.75, 3.05) is 0 Å². The predicted octanol–water partition coefficient (Wildman–Crippen LogP) is 3.27. The number of benzene rings is 3. The summed E-state index contributed by atoms with van der Waals surface area (Å²) in [4.78, 5) is 38.1. The molecule has 3 aromatic rings. The Labute approximate surface area is 168 Å². The van der Waals surface area contributed by atoms with Crippen LogP contribution in [0, 0.1) is 0 Å². The Morgan fingerprint density at radius 3 is 2.38 bits per heavy atom. The van der Waals surface area contributed by atoms with Crippen molar-refractivity contribution in [3.63, 3.8) is 0 Å². The molecule has 0 spiro atoms. The van der Waals surface area contributed by atoms with Crippen molar-refractivity contribution in [3.8, 4) is 0 Å². The van der Waals surface area contributed by atoms with Crippen LogP contribution in [0.1, 0.15) is 24.5 Å². The molecule has 0 radical (unpaired) electrons. The fourth-order valence-corrected chi connectivity index (χ4v) is 3.74. The van der Waals surface area contributed by atoms with Gasteiger partial charge < -0.3 is 5.32 Å². The molecule has 4 amide bonds. The van der Waals surface area contributed by atoms with Gasteiger partial charge in [0.05, 0.1) is 6.42 Å². The van der Waals surface area contributed by atoms with E-state index in [1.54, 1.807) is 12.1 Å². The first-order chi connectivity index (χ1) is 14.0. The molecule has 0 bridgehead atoms. The zero-order valence-electron chi connectivity index (χ0n) is 16.0. The van der Waals surface area contributed by atoms with E-state index in [1.165, 1.54) is 0 Å². The predicted molar refractivity (Wildman–Crippen MR) is 110 cm³/mol. The minimum Gasteiger partial charge on any atom is -0.318 e. The molecule has 6 heteroatoms. The zero-order chi connectivity index (χ0) is 20.4. The van der Waals surface area contributed by atoms with Gasteiger partial charge in [-0.2, -0.15) is 5.01 Å². The standard InChI is InChI=1S/C23H21N3O3/c1-2-23(19-10-4-3-5-11-19)21(28)26(22(29)24-23)25-20(27)15-16-12-13-17-8-6-7-9-18(17)14-16/h3-14H,2,15H2,1H3,(H,24,29)(H,25,27)/t23-/m0/s1. The van der Waals surface area contributed by atoms with Crippen LogP contribution < -0.4 is 10.7 Å². The van der Waals surface area contributed by atoms with Crippen molar-refractivity contribution in [3.05, 3.63) is 83.9 Å². The highest BCUT2D eigenvalue weighted by molar-refractivity contribution is 6.08. The first-order valence-corrected chi connectivity index (χ1v) is 9.53. The number of imide groups is 1. The summed E-state index contributed by atoms with van der Waals surface area (Å²) in [6.07, 6.45) is 0.436. The fraction of sp³-hybridized carbons (Fsp3) is 0.174. The molecule has 1 heterocycles. The summed E-state index contributed by atoms with van der Waals surface area (Å²) in [7, 11) is 0. The van der Waals surface area contributed by atoms with E-state index >= 15 is 0 Å². The number of urea groups is 1. The van der Waals surface area contributed by atoms with E-state index in [0.29, 0.717) is 12.0 Å². The van der Waals surface area contributed by atoms with E-state index in [1.807, 2.05) is 67.6 Å². The van der Waals surface area contributed by atoms with Crippen LogP contribution in [0.4, 0.5) is 4.79 Å². The number of amides is 4. The molecule has 0 aromatic heterocycles. The number of hydrazine groups is 1. The number of nitrogens with one attached hydrogen (secondary N) is 2. The molecule has 0 unspecified atom stereocenters. The number of hydrogen-bond donors (Lipinski definition) is 2.